The second kappa shape index (κ2) is 6.20. The molecule has 0 aliphatic rings. The number of nitrogens with one attached hydrogen (secondary N) is 1. The van der Waals surface area contributed by atoms with Crippen LogP contribution in [0.25, 0.3) is 0 Å². The quantitative estimate of drug-likeness (QED) is 0.712. The van der Waals surface area contributed by atoms with Crippen LogP contribution in [0.2, 0.25) is 0 Å². The number of carbonyl (C=O) groups excluding carboxylic acids is 1. The van der Waals surface area contributed by atoms with Gasteiger partial charge in [-0.1, -0.05) is 13.8 Å². The predicted molar refractivity (Wildman–Crippen MR) is 63.7 cm³/mol. The van der Waals surface area contributed by atoms with E-state index in [2.05, 4.69) is 10.3 Å². The zero-order valence-corrected chi connectivity index (χ0v) is 10.1. The minimum Gasteiger partial charge on any atom is -0.505 e. The SMILES string of the molecule is CC(C)CC(CO)NC(=O)c1ccncc1O. The maximum absolute atomic E-state index is 11.8. The van der Waals surface area contributed by atoms with E-state index < -0.39 is 5.91 Å². The van der Waals surface area contributed by atoms with E-state index in [4.69, 9.17) is 5.11 Å². The van der Waals surface area contributed by atoms with Crippen LogP contribution in [0.1, 0.15) is 30.6 Å². The lowest BCUT2D eigenvalue weighted by Crippen LogP contribution is -2.38. The van der Waals surface area contributed by atoms with E-state index in [1.807, 2.05) is 13.8 Å². The Morgan fingerprint density at radius 1 is 1.53 bits per heavy atom. The number of amides is 1. The Labute approximate surface area is 101 Å². The van der Waals surface area contributed by atoms with Crippen molar-refractivity contribution in [3.8, 4) is 5.75 Å². The van der Waals surface area contributed by atoms with Gasteiger partial charge >= 0.3 is 0 Å². The van der Waals surface area contributed by atoms with Crippen molar-refractivity contribution >= 4 is 5.91 Å². The number of rotatable bonds is 5. The lowest BCUT2D eigenvalue weighted by molar-refractivity contribution is 0.0905. The van der Waals surface area contributed by atoms with Gasteiger partial charge < -0.3 is 15.5 Å². The first-order valence-corrected chi connectivity index (χ1v) is 5.59. The lowest BCUT2D eigenvalue weighted by atomic mass is 10.0. The van der Waals surface area contributed by atoms with Gasteiger partial charge in [0, 0.05) is 6.20 Å². The first kappa shape index (κ1) is 13.4. The number of hydrogen-bond donors (Lipinski definition) is 3. The molecule has 3 N–H and O–H groups in total. The number of aliphatic hydroxyl groups excluding tert-OH is 1. The number of hydrogen-bond acceptors (Lipinski definition) is 4. The molecule has 0 saturated carbocycles. The molecular formula is C12H18N2O3. The molecule has 0 radical (unpaired) electrons. The van der Waals surface area contributed by atoms with Crippen LogP contribution in [0, 0.1) is 5.92 Å². The molecule has 1 aromatic rings. The summed E-state index contributed by atoms with van der Waals surface area (Å²) in [4.78, 5) is 15.5. The van der Waals surface area contributed by atoms with E-state index in [1.54, 1.807) is 0 Å². The fourth-order valence-electron chi connectivity index (χ4n) is 1.59. The van der Waals surface area contributed by atoms with E-state index in [9.17, 15) is 9.90 Å². The summed E-state index contributed by atoms with van der Waals surface area (Å²) in [7, 11) is 0. The van der Waals surface area contributed by atoms with E-state index in [0.717, 1.165) is 0 Å². The van der Waals surface area contributed by atoms with E-state index >= 15 is 0 Å². The molecular weight excluding hydrogens is 220 g/mol. The third-order valence-corrected chi connectivity index (χ3v) is 2.36. The van der Waals surface area contributed by atoms with Crippen molar-refractivity contribution in [3.05, 3.63) is 24.0 Å². The monoisotopic (exact) mass is 238 g/mol. The van der Waals surface area contributed by atoms with E-state index in [-0.39, 0.29) is 24.0 Å². The van der Waals surface area contributed by atoms with Crippen LogP contribution in [0.5, 0.6) is 5.75 Å². The van der Waals surface area contributed by atoms with Crippen LogP contribution in [0.4, 0.5) is 0 Å². The number of carbonyl (C=O) groups is 1. The zero-order chi connectivity index (χ0) is 12.8. The molecule has 0 aliphatic heterocycles. The summed E-state index contributed by atoms with van der Waals surface area (Å²) in [5.41, 5.74) is 0.169. The highest BCUT2D eigenvalue weighted by molar-refractivity contribution is 5.96. The fourth-order valence-corrected chi connectivity index (χ4v) is 1.59. The molecule has 94 valence electrons. The molecule has 1 atom stereocenters. The third kappa shape index (κ3) is 4.03. The van der Waals surface area contributed by atoms with Gasteiger partial charge in [-0.05, 0) is 18.4 Å². The Bertz CT molecular complexity index is 380. The maximum Gasteiger partial charge on any atom is 0.255 e. The van der Waals surface area contributed by atoms with E-state index in [0.29, 0.717) is 12.3 Å². The Balaban J connectivity index is 2.68. The Kier molecular flexibility index (Phi) is 4.90. The molecule has 1 rings (SSSR count). The molecule has 1 unspecified atom stereocenters. The maximum atomic E-state index is 11.8. The first-order valence-electron chi connectivity index (χ1n) is 5.59. The van der Waals surface area contributed by atoms with Gasteiger partial charge in [-0.15, -0.1) is 0 Å². The van der Waals surface area contributed by atoms with Crippen LogP contribution in [0.3, 0.4) is 0 Å². The van der Waals surface area contributed by atoms with Gasteiger partial charge in [0.2, 0.25) is 0 Å². The average molecular weight is 238 g/mol. The van der Waals surface area contributed by atoms with Crippen molar-refractivity contribution in [2.75, 3.05) is 6.61 Å². The predicted octanol–water partition coefficient (Wildman–Crippen LogP) is 0.924. The van der Waals surface area contributed by atoms with E-state index in [1.165, 1.54) is 18.5 Å². The van der Waals surface area contributed by atoms with Crippen molar-refractivity contribution in [2.24, 2.45) is 5.92 Å². The fraction of sp³-hybridized carbons (Fsp3) is 0.500. The number of aromatic nitrogens is 1. The number of nitrogens with zero attached hydrogens (tertiary/aromatic N) is 1. The van der Waals surface area contributed by atoms with Gasteiger partial charge in [-0.2, -0.15) is 0 Å². The van der Waals surface area contributed by atoms with Crippen LogP contribution in [-0.2, 0) is 0 Å². The van der Waals surface area contributed by atoms with Crippen LogP contribution in [-0.4, -0.2) is 33.8 Å². The molecule has 1 aromatic heterocycles. The Hall–Kier alpha value is -1.62. The summed E-state index contributed by atoms with van der Waals surface area (Å²) in [5, 5.41) is 21.3. The largest absolute Gasteiger partial charge is 0.505 e. The molecule has 0 bridgehead atoms. The van der Waals surface area contributed by atoms with Gasteiger partial charge in [0.25, 0.3) is 5.91 Å². The summed E-state index contributed by atoms with van der Waals surface area (Å²) >= 11 is 0. The van der Waals surface area contributed by atoms with Gasteiger partial charge in [0.05, 0.1) is 24.4 Å². The highest BCUT2D eigenvalue weighted by atomic mass is 16.3. The molecule has 0 saturated heterocycles. The molecule has 0 spiro atoms. The van der Waals surface area contributed by atoms with Crippen molar-refractivity contribution in [1.82, 2.24) is 10.3 Å². The molecule has 5 nitrogen and oxygen atoms in total. The summed E-state index contributed by atoms with van der Waals surface area (Å²) in [5.74, 6) is -0.186. The molecule has 17 heavy (non-hydrogen) atoms. The molecule has 5 heteroatoms. The highest BCUT2D eigenvalue weighted by Crippen LogP contribution is 2.14. The lowest BCUT2D eigenvalue weighted by Gasteiger charge is -2.18. The zero-order valence-electron chi connectivity index (χ0n) is 10.1. The van der Waals surface area contributed by atoms with Crippen molar-refractivity contribution < 1.29 is 15.0 Å². The van der Waals surface area contributed by atoms with Crippen molar-refractivity contribution in [3.63, 3.8) is 0 Å². The second-order valence-electron chi connectivity index (χ2n) is 4.38. The van der Waals surface area contributed by atoms with Crippen LogP contribution >= 0.6 is 0 Å². The van der Waals surface area contributed by atoms with Gasteiger partial charge in [0.1, 0.15) is 5.75 Å². The average Bonchev–Trinajstić information content (AvgIpc) is 2.27. The van der Waals surface area contributed by atoms with Gasteiger partial charge in [0.15, 0.2) is 0 Å². The Morgan fingerprint density at radius 3 is 2.76 bits per heavy atom. The molecule has 1 heterocycles. The smallest absolute Gasteiger partial charge is 0.255 e. The topological polar surface area (TPSA) is 82.5 Å². The van der Waals surface area contributed by atoms with Crippen molar-refractivity contribution in [2.45, 2.75) is 26.3 Å². The summed E-state index contributed by atoms with van der Waals surface area (Å²) in [6.45, 7) is 3.91. The highest BCUT2D eigenvalue weighted by Gasteiger charge is 2.16. The normalized spacial score (nSPS) is 12.5. The molecule has 0 aromatic carbocycles. The minimum atomic E-state index is -0.399. The van der Waals surface area contributed by atoms with Gasteiger partial charge in [-0.25, -0.2) is 0 Å². The van der Waals surface area contributed by atoms with Crippen LogP contribution < -0.4 is 5.32 Å². The number of pyridine rings is 1. The summed E-state index contributed by atoms with van der Waals surface area (Å²) in [6, 6.07) is 1.14. The standard InChI is InChI=1S/C12H18N2O3/c1-8(2)5-9(7-15)14-12(17)10-3-4-13-6-11(10)16/h3-4,6,8-9,15-16H,5,7H2,1-2H3,(H,14,17). The minimum absolute atomic E-state index is 0.115. The molecule has 0 aliphatic carbocycles. The summed E-state index contributed by atoms with van der Waals surface area (Å²) < 4.78 is 0. The molecule has 0 fully saturated rings. The van der Waals surface area contributed by atoms with Crippen molar-refractivity contribution in [1.29, 1.82) is 0 Å². The number of aromatic hydroxyl groups is 1. The number of aliphatic hydroxyl groups is 1. The van der Waals surface area contributed by atoms with Crippen LogP contribution in [0.15, 0.2) is 18.5 Å². The van der Waals surface area contributed by atoms with Gasteiger partial charge in [-0.3, -0.25) is 9.78 Å². The Morgan fingerprint density at radius 2 is 2.24 bits per heavy atom. The molecule has 1 amide bonds. The summed E-state index contributed by atoms with van der Waals surface area (Å²) in [6.07, 6.45) is 3.34. The second-order valence-corrected chi connectivity index (χ2v) is 4.38. The first-order chi connectivity index (χ1) is 8.04. The third-order valence-electron chi connectivity index (χ3n) is 2.36.